The van der Waals surface area contributed by atoms with Gasteiger partial charge in [0.2, 0.25) is 0 Å². The molecule has 2 rings (SSSR count). The molecule has 0 aliphatic carbocycles. The van der Waals surface area contributed by atoms with Gasteiger partial charge in [-0.3, -0.25) is 0 Å². The van der Waals surface area contributed by atoms with Crippen LogP contribution in [0.3, 0.4) is 0 Å². The summed E-state index contributed by atoms with van der Waals surface area (Å²) in [7, 11) is 0. The topological polar surface area (TPSA) is 29.3 Å². The zero-order valence-corrected chi connectivity index (χ0v) is 13.1. The quantitative estimate of drug-likeness (QED) is 0.915. The SMILES string of the molecule is CC(N)Cc1c(F)cccc1N1CCC(C(C)(C)C)C1. The highest BCUT2D eigenvalue weighted by Crippen LogP contribution is 2.37. The summed E-state index contributed by atoms with van der Waals surface area (Å²) in [6, 6.07) is 5.36. The Hall–Kier alpha value is -1.09. The number of hydrogen-bond acceptors (Lipinski definition) is 2. The Kier molecular flexibility index (Phi) is 4.38. The third-order valence-electron chi connectivity index (χ3n) is 4.37. The summed E-state index contributed by atoms with van der Waals surface area (Å²) in [5.74, 6) is 0.535. The van der Waals surface area contributed by atoms with Crippen molar-refractivity contribution in [1.82, 2.24) is 0 Å². The largest absolute Gasteiger partial charge is 0.371 e. The number of anilines is 1. The fraction of sp³-hybridized carbons (Fsp3) is 0.647. The van der Waals surface area contributed by atoms with Crippen LogP contribution in [0, 0.1) is 17.2 Å². The minimum atomic E-state index is -0.126. The molecule has 0 bridgehead atoms. The predicted molar refractivity (Wildman–Crippen MR) is 83.5 cm³/mol. The highest BCUT2D eigenvalue weighted by Gasteiger charge is 2.32. The van der Waals surface area contributed by atoms with Gasteiger partial charge in [0.05, 0.1) is 0 Å². The summed E-state index contributed by atoms with van der Waals surface area (Å²) in [6.45, 7) is 10.8. The predicted octanol–water partition coefficient (Wildman–Crippen LogP) is 3.59. The number of rotatable bonds is 3. The molecule has 0 amide bonds. The van der Waals surface area contributed by atoms with Gasteiger partial charge in [0, 0.05) is 30.4 Å². The molecule has 1 aliphatic rings. The van der Waals surface area contributed by atoms with Crippen molar-refractivity contribution in [3.05, 3.63) is 29.6 Å². The van der Waals surface area contributed by atoms with Gasteiger partial charge in [-0.1, -0.05) is 26.8 Å². The zero-order chi connectivity index (χ0) is 14.9. The molecule has 2 N–H and O–H groups in total. The Morgan fingerprint density at radius 1 is 1.40 bits per heavy atom. The zero-order valence-electron chi connectivity index (χ0n) is 13.1. The van der Waals surface area contributed by atoms with Crippen LogP contribution in [0.4, 0.5) is 10.1 Å². The van der Waals surface area contributed by atoms with Crippen LogP contribution in [0.2, 0.25) is 0 Å². The monoisotopic (exact) mass is 278 g/mol. The van der Waals surface area contributed by atoms with E-state index in [0.717, 1.165) is 24.3 Å². The van der Waals surface area contributed by atoms with Gasteiger partial charge in [-0.05, 0) is 43.2 Å². The van der Waals surface area contributed by atoms with Crippen LogP contribution in [-0.2, 0) is 6.42 Å². The number of hydrogen-bond donors (Lipinski definition) is 1. The molecule has 0 radical (unpaired) electrons. The molecule has 1 aromatic rings. The Morgan fingerprint density at radius 3 is 2.65 bits per heavy atom. The van der Waals surface area contributed by atoms with Crippen molar-refractivity contribution in [2.45, 2.75) is 46.6 Å². The van der Waals surface area contributed by atoms with Crippen molar-refractivity contribution in [3.8, 4) is 0 Å². The van der Waals surface area contributed by atoms with Gasteiger partial charge in [-0.2, -0.15) is 0 Å². The molecule has 112 valence electrons. The summed E-state index contributed by atoms with van der Waals surface area (Å²) in [6.07, 6.45) is 1.77. The highest BCUT2D eigenvalue weighted by atomic mass is 19.1. The van der Waals surface area contributed by atoms with Crippen molar-refractivity contribution >= 4 is 5.69 Å². The Balaban J connectivity index is 2.24. The third-order valence-corrected chi connectivity index (χ3v) is 4.37. The average molecular weight is 278 g/mol. The third kappa shape index (κ3) is 3.32. The molecular weight excluding hydrogens is 251 g/mol. The lowest BCUT2D eigenvalue weighted by atomic mass is 9.80. The number of nitrogens with two attached hydrogens (primary N) is 1. The van der Waals surface area contributed by atoms with E-state index >= 15 is 0 Å². The van der Waals surface area contributed by atoms with E-state index in [0.29, 0.717) is 17.8 Å². The van der Waals surface area contributed by atoms with Crippen molar-refractivity contribution in [3.63, 3.8) is 0 Å². The standard InChI is InChI=1S/C17H27FN2/c1-12(19)10-14-15(18)6-5-7-16(14)20-9-8-13(11-20)17(2,3)4/h5-7,12-13H,8-11,19H2,1-4H3. The first-order valence-corrected chi connectivity index (χ1v) is 7.57. The summed E-state index contributed by atoms with van der Waals surface area (Å²) in [4.78, 5) is 2.33. The number of nitrogens with zero attached hydrogens (tertiary/aromatic N) is 1. The molecule has 1 aromatic carbocycles. The second kappa shape index (κ2) is 5.72. The first kappa shape index (κ1) is 15.3. The van der Waals surface area contributed by atoms with Gasteiger partial charge in [0.15, 0.2) is 0 Å². The van der Waals surface area contributed by atoms with Crippen LogP contribution in [0.1, 0.15) is 39.7 Å². The summed E-state index contributed by atoms with van der Waals surface area (Å²) in [5, 5.41) is 0. The van der Waals surface area contributed by atoms with Crippen LogP contribution >= 0.6 is 0 Å². The summed E-state index contributed by atoms with van der Waals surface area (Å²) in [5.41, 5.74) is 7.99. The normalized spacial score (nSPS) is 21.3. The van der Waals surface area contributed by atoms with Gasteiger partial charge >= 0.3 is 0 Å². The number of benzene rings is 1. The van der Waals surface area contributed by atoms with E-state index in [4.69, 9.17) is 5.73 Å². The van der Waals surface area contributed by atoms with Crippen LogP contribution in [0.15, 0.2) is 18.2 Å². The number of halogens is 1. The maximum absolute atomic E-state index is 14.1. The first-order valence-electron chi connectivity index (χ1n) is 7.57. The molecule has 1 fully saturated rings. The second-order valence-corrected chi connectivity index (χ2v) is 7.22. The van der Waals surface area contributed by atoms with E-state index in [1.807, 2.05) is 13.0 Å². The lowest BCUT2D eigenvalue weighted by Gasteiger charge is -2.28. The molecule has 2 atom stereocenters. The van der Waals surface area contributed by atoms with E-state index in [1.54, 1.807) is 12.1 Å². The van der Waals surface area contributed by atoms with Gasteiger partial charge < -0.3 is 10.6 Å². The lowest BCUT2D eigenvalue weighted by molar-refractivity contribution is 0.263. The van der Waals surface area contributed by atoms with Crippen LogP contribution in [-0.4, -0.2) is 19.1 Å². The molecule has 2 unspecified atom stereocenters. The summed E-state index contributed by atoms with van der Waals surface area (Å²) < 4.78 is 14.1. The molecule has 1 saturated heterocycles. The van der Waals surface area contributed by atoms with Crippen LogP contribution in [0.25, 0.3) is 0 Å². The van der Waals surface area contributed by atoms with Crippen molar-refractivity contribution < 1.29 is 4.39 Å². The van der Waals surface area contributed by atoms with Gasteiger partial charge in [0.25, 0.3) is 0 Å². The maximum atomic E-state index is 14.1. The summed E-state index contributed by atoms with van der Waals surface area (Å²) >= 11 is 0. The Labute approximate surface area is 122 Å². The molecule has 3 heteroatoms. The van der Waals surface area contributed by atoms with Crippen molar-refractivity contribution in [1.29, 1.82) is 0 Å². The molecule has 0 saturated carbocycles. The van der Waals surface area contributed by atoms with Crippen LogP contribution in [0.5, 0.6) is 0 Å². The van der Waals surface area contributed by atoms with Gasteiger partial charge in [-0.25, -0.2) is 4.39 Å². The highest BCUT2D eigenvalue weighted by molar-refractivity contribution is 5.55. The molecule has 2 nitrogen and oxygen atoms in total. The van der Waals surface area contributed by atoms with Crippen molar-refractivity contribution in [2.24, 2.45) is 17.1 Å². The van der Waals surface area contributed by atoms with E-state index in [-0.39, 0.29) is 11.9 Å². The molecule has 20 heavy (non-hydrogen) atoms. The average Bonchev–Trinajstić information content (AvgIpc) is 2.80. The Bertz CT molecular complexity index is 463. The second-order valence-electron chi connectivity index (χ2n) is 7.22. The van der Waals surface area contributed by atoms with Crippen LogP contribution < -0.4 is 10.6 Å². The Morgan fingerprint density at radius 2 is 2.10 bits per heavy atom. The molecule has 1 aliphatic heterocycles. The van der Waals surface area contributed by atoms with E-state index in [9.17, 15) is 4.39 Å². The lowest BCUT2D eigenvalue weighted by Crippen LogP contribution is -2.27. The smallest absolute Gasteiger partial charge is 0.128 e. The van der Waals surface area contributed by atoms with Gasteiger partial charge in [0.1, 0.15) is 5.82 Å². The fourth-order valence-electron chi connectivity index (χ4n) is 3.05. The van der Waals surface area contributed by atoms with Gasteiger partial charge in [-0.15, -0.1) is 0 Å². The fourth-order valence-corrected chi connectivity index (χ4v) is 3.05. The first-order chi connectivity index (χ1) is 9.29. The minimum absolute atomic E-state index is 0.0216. The van der Waals surface area contributed by atoms with E-state index in [1.165, 1.54) is 6.42 Å². The van der Waals surface area contributed by atoms with Crippen molar-refractivity contribution in [2.75, 3.05) is 18.0 Å². The van der Waals surface area contributed by atoms with E-state index in [2.05, 4.69) is 25.7 Å². The molecule has 1 heterocycles. The molecule has 0 aromatic heterocycles. The molecular formula is C17H27FN2. The maximum Gasteiger partial charge on any atom is 0.128 e. The van der Waals surface area contributed by atoms with E-state index < -0.39 is 0 Å². The minimum Gasteiger partial charge on any atom is -0.371 e. The molecule has 0 spiro atoms.